The number of rotatable bonds is 8. The van der Waals surface area contributed by atoms with Crippen molar-refractivity contribution >= 4 is 17.5 Å². The first-order chi connectivity index (χ1) is 14.5. The van der Waals surface area contributed by atoms with Crippen molar-refractivity contribution in [2.45, 2.75) is 38.6 Å². The number of carbonyl (C=O) groups is 2. The Kier molecular flexibility index (Phi) is 7.46. The average Bonchev–Trinajstić information content (AvgIpc) is 2.74. The summed E-state index contributed by atoms with van der Waals surface area (Å²) in [5, 5.41) is 6.08. The molecule has 6 nitrogen and oxygen atoms in total. The molecule has 0 heterocycles. The maximum absolute atomic E-state index is 12.5. The van der Waals surface area contributed by atoms with E-state index in [1.165, 1.54) is 5.56 Å². The third kappa shape index (κ3) is 5.83. The second-order valence-corrected chi connectivity index (χ2v) is 7.93. The molecule has 0 saturated carbocycles. The van der Waals surface area contributed by atoms with Gasteiger partial charge in [-0.05, 0) is 68.1 Å². The summed E-state index contributed by atoms with van der Waals surface area (Å²) >= 11 is 0. The number of anilines is 1. The first-order valence-corrected chi connectivity index (χ1v) is 10.5. The zero-order chi connectivity index (χ0) is 21.5. The number of nitrogens with zero attached hydrogens (tertiary/aromatic N) is 1. The van der Waals surface area contributed by atoms with Gasteiger partial charge in [-0.25, -0.2) is 0 Å². The van der Waals surface area contributed by atoms with Crippen molar-refractivity contribution in [1.82, 2.24) is 10.2 Å². The monoisotopic (exact) mass is 409 g/mol. The van der Waals surface area contributed by atoms with E-state index in [1.54, 1.807) is 7.11 Å². The second kappa shape index (κ2) is 10.3. The number of benzene rings is 2. The molecule has 6 heteroatoms. The van der Waals surface area contributed by atoms with Crippen molar-refractivity contribution in [1.29, 1.82) is 0 Å². The number of para-hydroxylation sites is 1. The number of aryl methyl sites for hydroxylation is 2. The summed E-state index contributed by atoms with van der Waals surface area (Å²) in [5.41, 5.74) is 4.27. The molecule has 0 spiro atoms. The summed E-state index contributed by atoms with van der Waals surface area (Å²) < 4.78 is 5.34. The molecule has 0 unspecified atom stereocenters. The van der Waals surface area contributed by atoms with Crippen LogP contribution in [0.5, 0.6) is 5.75 Å². The van der Waals surface area contributed by atoms with E-state index in [4.69, 9.17) is 4.74 Å². The zero-order valence-electron chi connectivity index (χ0n) is 18.0. The first-order valence-electron chi connectivity index (χ1n) is 10.5. The van der Waals surface area contributed by atoms with Crippen LogP contribution in [-0.4, -0.2) is 44.0 Å². The summed E-state index contributed by atoms with van der Waals surface area (Å²) in [7, 11) is 3.51. The number of likely N-dealkylation sites (N-methyl/N-ethyl adjacent to an activating group) is 1. The highest BCUT2D eigenvalue weighted by molar-refractivity contribution is 5.92. The summed E-state index contributed by atoms with van der Waals surface area (Å²) in [6, 6.07) is 13.8. The molecule has 0 aliphatic heterocycles. The van der Waals surface area contributed by atoms with Crippen LogP contribution < -0.4 is 15.4 Å². The highest BCUT2D eigenvalue weighted by Crippen LogP contribution is 2.32. The fraction of sp³-hybridized carbons (Fsp3) is 0.417. The maximum Gasteiger partial charge on any atom is 0.238 e. The van der Waals surface area contributed by atoms with Crippen molar-refractivity contribution in [3.8, 4) is 5.75 Å². The molecule has 1 atom stereocenters. The van der Waals surface area contributed by atoms with Gasteiger partial charge < -0.3 is 15.4 Å². The predicted molar refractivity (Wildman–Crippen MR) is 119 cm³/mol. The molecule has 2 N–H and O–H groups in total. The van der Waals surface area contributed by atoms with E-state index in [0.717, 1.165) is 41.8 Å². The summed E-state index contributed by atoms with van der Waals surface area (Å²) in [6.45, 7) is 2.72. The Labute approximate surface area is 178 Å². The molecule has 1 aliphatic rings. The van der Waals surface area contributed by atoms with Gasteiger partial charge in [-0.1, -0.05) is 24.3 Å². The molecule has 2 aromatic rings. The van der Waals surface area contributed by atoms with Crippen molar-refractivity contribution in [2.24, 2.45) is 0 Å². The van der Waals surface area contributed by atoms with Crippen LogP contribution in [0.1, 0.15) is 42.0 Å². The van der Waals surface area contributed by atoms with Crippen LogP contribution in [0, 0.1) is 6.92 Å². The van der Waals surface area contributed by atoms with Gasteiger partial charge in [-0.3, -0.25) is 14.5 Å². The van der Waals surface area contributed by atoms with Gasteiger partial charge in [0.2, 0.25) is 11.8 Å². The van der Waals surface area contributed by atoms with Crippen LogP contribution in [0.2, 0.25) is 0 Å². The van der Waals surface area contributed by atoms with E-state index >= 15 is 0 Å². The van der Waals surface area contributed by atoms with Crippen LogP contribution in [0.3, 0.4) is 0 Å². The Balaban J connectivity index is 1.47. The van der Waals surface area contributed by atoms with E-state index in [-0.39, 0.29) is 24.4 Å². The lowest BCUT2D eigenvalue weighted by molar-refractivity contribution is -0.123. The van der Waals surface area contributed by atoms with Crippen molar-refractivity contribution < 1.29 is 14.3 Å². The molecule has 3 rings (SSSR count). The molecule has 0 saturated heterocycles. The van der Waals surface area contributed by atoms with Gasteiger partial charge in [-0.2, -0.15) is 0 Å². The average molecular weight is 410 g/mol. The summed E-state index contributed by atoms with van der Waals surface area (Å²) in [4.78, 5) is 26.7. The molecule has 2 aromatic carbocycles. The smallest absolute Gasteiger partial charge is 0.238 e. The highest BCUT2D eigenvalue weighted by atomic mass is 16.5. The largest absolute Gasteiger partial charge is 0.497 e. The first kappa shape index (κ1) is 21.8. The fourth-order valence-electron chi connectivity index (χ4n) is 3.84. The fourth-order valence-corrected chi connectivity index (χ4v) is 3.84. The summed E-state index contributed by atoms with van der Waals surface area (Å²) in [5.74, 6) is 0.733. The SMILES string of the molecule is COc1ccc2c(c1)[C@H](NC(=O)CCN(C)CC(=O)Nc1ccccc1C)CCC2. The molecule has 2 amide bonds. The molecule has 0 radical (unpaired) electrons. The van der Waals surface area contributed by atoms with Gasteiger partial charge in [0.05, 0.1) is 19.7 Å². The molecule has 160 valence electrons. The van der Waals surface area contributed by atoms with Crippen molar-refractivity contribution in [3.63, 3.8) is 0 Å². The Hall–Kier alpha value is -2.86. The predicted octanol–water partition coefficient (Wildman–Crippen LogP) is 3.46. The quantitative estimate of drug-likeness (QED) is 0.701. The Morgan fingerprint density at radius 1 is 1.17 bits per heavy atom. The summed E-state index contributed by atoms with van der Waals surface area (Å²) in [6.07, 6.45) is 3.37. The standard InChI is InChI=1S/C24H31N3O3/c1-17-7-4-5-9-21(17)25-24(29)16-27(2)14-13-23(28)26-22-10-6-8-18-11-12-19(30-3)15-20(18)22/h4-5,7,9,11-12,15,22H,6,8,10,13-14,16H2,1-3H3,(H,25,29)(H,26,28)/t22-/m1/s1. The zero-order valence-corrected chi connectivity index (χ0v) is 18.0. The molecule has 0 fully saturated rings. The lowest BCUT2D eigenvalue weighted by Crippen LogP contribution is -2.35. The van der Waals surface area contributed by atoms with Gasteiger partial charge in [0.15, 0.2) is 0 Å². The van der Waals surface area contributed by atoms with Crippen LogP contribution in [0.15, 0.2) is 42.5 Å². The lowest BCUT2D eigenvalue weighted by atomic mass is 9.87. The maximum atomic E-state index is 12.5. The van der Waals surface area contributed by atoms with E-state index < -0.39 is 0 Å². The van der Waals surface area contributed by atoms with E-state index in [9.17, 15) is 9.59 Å². The molecular formula is C24H31N3O3. The minimum atomic E-state index is -0.0829. The molecular weight excluding hydrogens is 378 g/mol. The van der Waals surface area contributed by atoms with E-state index in [1.807, 2.05) is 55.3 Å². The van der Waals surface area contributed by atoms with Crippen LogP contribution in [0.25, 0.3) is 0 Å². The van der Waals surface area contributed by atoms with Crippen molar-refractivity contribution in [2.75, 3.05) is 32.6 Å². The van der Waals surface area contributed by atoms with Crippen LogP contribution in [-0.2, 0) is 16.0 Å². The normalized spacial score (nSPS) is 15.4. The topological polar surface area (TPSA) is 70.7 Å². The second-order valence-electron chi connectivity index (χ2n) is 7.93. The molecule has 0 aromatic heterocycles. The van der Waals surface area contributed by atoms with Crippen LogP contribution in [0.4, 0.5) is 5.69 Å². The molecule has 1 aliphatic carbocycles. The highest BCUT2D eigenvalue weighted by Gasteiger charge is 2.22. The number of carbonyl (C=O) groups excluding carboxylic acids is 2. The van der Waals surface area contributed by atoms with Crippen LogP contribution >= 0.6 is 0 Å². The third-order valence-corrected chi connectivity index (χ3v) is 5.56. The number of hydrogen-bond donors (Lipinski definition) is 2. The number of amides is 2. The van der Waals surface area contributed by atoms with E-state index in [0.29, 0.717) is 13.0 Å². The van der Waals surface area contributed by atoms with Gasteiger partial charge in [0.25, 0.3) is 0 Å². The molecule has 0 bridgehead atoms. The van der Waals surface area contributed by atoms with Gasteiger partial charge in [0, 0.05) is 18.7 Å². The Morgan fingerprint density at radius 2 is 1.97 bits per heavy atom. The molecule has 30 heavy (non-hydrogen) atoms. The number of ether oxygens (including phenoxy) is 1. The van der Waals surface area contributed by atoms with Crippen molar-refractivity contribution in [3.05, 3.63) is 59.2 Å². The number of nitrogens with one attached hydrogen (secondary N) is 2. The lowest BCUT2D eigenvalue weighted by Gasteiger charge is -2.27. The van der Waals surface area contributed by atoms with Gasteiger partial charge in [0.1, 0.15) is 5.75 Å². The Morgan fingerprint density at radius 3 is 2.73 bits per heavy atom. The van der Waals surface area contributed by atoms with Gasteiger partial charge in [-0.15, -0.1) is 0 Å². The number of fused-ring (bicyclic) bond motifs is 1. The minimum Gasteiger partial charge on any atom is -0.497 e. The number of hydrogen-bond acceptors (Lipinski definition) is 4. The third-order valence-electron chi connectivity index (χ3n) is 5.56. The van der Waals surface area contributed by atoms with E-state index in [2.05, 4.69) is 16.7 Å². The Bertz CT molecular complexity index is 897. The number of methoxy groups -OCH3 is 1. The van der Waals surface area contributed by atoms with Gasteiger partial charge >= 0.3 is 0 Å². The minimum absolute atomic E-state index is 0.00170.